The zero-order chi connectivity index (χ0) is 13.1. The quantitative estimate of drug-likeness (QED) is 0.898. The van der Waals surface area contributed by atoms with E-state index < -0.39 is 5.97 Å². The number of hydrogen-bond acceptors (Lipinski definition) is 2. The molecule has 4 heteroatoms. The Morgan fingerprint density at radius 3 is 2.50 bits per heavy atom. The summed E-state index contributed by atoms with van der Waals surface area (Å²) in [4.78, 5) is 10.8. The van der Waals surface area contributed by atoms with Gasteiger partial charge in [0.25, 0.3) is 0 Å². The average Bonchev–Trinajstić information content (AvgIpc) is 2.70. The molecule has 0 amide bonds. The third-order valence-corrected chi connectivity index (χ3v) is 2.93. The van der Waals surface area contributed by atoms with Gasteiger partial charge in [-0.25, -0.2) is 4.79 Å². The molecule has 0 spiro atoms. The molecule has 0 atom stereocenters. The normalized spacial score (nSPS) is 10.6. The Morgan fingerprint density at radius 2 is 1.94 bits per heavy atom. The van der Waals surface area contributed by atoms with Crippen LogP contribution in [-0.4, -0.2) is 20.9 Å². The van der Waals surface area contributed by atoms with Crippen molar-refractivity contribution in [1.82, 2.24) is 9.78 Å². The van der Waals surface area contributed by atoms with Gasteiger partial charge in [0.05, 0.1) is 0 Å². The fraction of sp³-hybridized carbons (Fsp3) is 0.286. The summed E-state index contributed by atoms with van der Waals surface area (Å²) < 4.78 is 1.74. The molecule has 0 aliphatic carbocycles. The van der Waals surface area contributed by atoms with Crippen LogP contribution in [0.2, 0.25) is 0 Å². The molecule has 1 N–H and O–H groups in total. The van der Waals surface area contributed by atoms with Gasteiger partial charge < -0.3 is 5.11 Å². The molecule has 4 nitrogen and oxygen atoms in total. The van der Waals surface area contributed by atoms with Gasteiger partial charge in [-0.15, -0.1) is 0 Å². The number of aromatic nitrogens is 2. The fourth-order valence-electron chi connectivity index (χ4n) is 1.83. The Bertz CT molecular complexity index is 556. The number of benzene rings is 1. The molecule has 0 saturated carbocycles. The minimum atomic E-state index is -0.979. The SMILES string of the molecule is Cc1ccc(CCn2nc(C(=O)O)cc2C)cc1. The topological polar surface area (TPSA) is 55.1 Å². The van der Waals surface area contributed by atoms with Crippen LogP contribution in [0.4, 0.5) is 0 Å². The van der Waals surface area contributed by atoms with Crippen molar-refractivity contribution in [3.63, 3.8) is 0 Å². The van der Waals surface area contributed by atoms with Crippen molar-refractivity contribution in [2.75, 3.05) is 0 Å². The summed E-state index contributed by atoms with van der Waals surface area (Å²) in [6, 6.07) is 9.93. The number of carboxylic acid groups (broad SMARTS) is 1. The highest BCUT2D eigenvalue weighted by Gasteiger charge is 2.10. The second-order valence-electron chi connectivity index (χ2n) is 4.43. The van der Waals surface area contributed by atoms with E-state index in [1.807, 2.05) is 6.92 Å². The predicted octanol–water partition coefficient (Wildman–Crippen LogP) is 2.44. The van der Waals surface area contributed by atoms with Gasteiger partial charge in [0.15, 0.2) is 5.69 Å². The lowest BCUT2D eigenvalue weighted by atomic mass is 10.1. The average molecular weight is 244 g/mol. The molecule has 94 valence electrons. The smallest absolute Gasteiger partial charge is 0.356 e. The first kappa shape index (κ1) is 12.4. The van der Waals surface area contributed by atoms with Crippen LogP contribution in [0.25, 0.3) is 0 Å². The molecule has 18 heavy (non-hydrogen) atoms. The number of hydrogen-bond donors (Lipinski definition) is 1. The summed E-state index contributed by atoms with van der Waals surface area (Å²) in [6.45, 7) is 4.62. The Labute approximate surface area is 106 Å². The zero-order valence-corrected chi connectivity index (χ0v) is 10.6. The van der Waals surface area contributed by atoms with Crippen molar-refractivity contribution in [3.8, 4) is 0 Å². The van der Waals surface area contributed by atoms with Gasteiger partial charge >= 0.3 is 5.97 Å². The van der Waals surface area contributed by atoms with E-state index in [4.69, 9.17) is 5.11 Å². The molecule has 0 saturated heterocycles. The summed E-state index contributed by atoms with van der Waals surface area (Å²) in [5.74, 6) is -0.979. The van der Waals surface area contributed by atoms with Crippen molar-refractivity contribution < 1.29 is 9.90 Å². The molecule has 1 heterocycles. The molecular formula is C14H16N2O2. The van der Waals surface area contributed by atoms with Gasteiger partial charge in [0.1, 0.15) is 0 Å². The first-order valence-corrected chi connectivity index (χ1v) is 5.89. The lowest BCUT2D eigenvalue weighted by Gasteiger charge is -2.04. The molecule has 0 fully saturated rings. The van der Waals surface area contributed by atoms with Gasteiger partial charge in [-0.1, -0.05) is 29.8 Å². The second kappa shape index (κ2) is 5.04. The van der Waals surface area contributed by atoms with E-state index in [1.165, 1.54) is 11.1 Å². The maximum absolute atomic E-state index is 10.8. The van der Waals surface area contributed by atoms with E-state index in [-0.39, 0.29) is 5.69 Å². The minimum absolute atomic E-state index is 0.108. The van der Waals surface area contributed by atoms with Gasteiger partial charge in [-0.3, -0.25) is 4.68 Å². The molecule has 1 aromatic carbocycles. The van der Waals surface area contributed by atoms with Crippen LogP contribution in [0.1, 0.15) is 27.3 Å². The van der Waals surface area contributed by atoms with E-state index in [1.54, 1.807) is 10.7 Å². The number of carbonyl (C=O) groups is 1. The standard InChI is InChI=1S/C14H16N2O2/c1-10-3-5-12(6-4-10)7-8-16-11(2)9-13(15-16)14(17)18/h3-6,9H,7-8H2,1-2H3,(H,17,18). The Kier molecular flexibility index (Phi) is 3.46. The molecule has 0 aliphatic heterocycles. The molecule has 0 unspecified atom stereocenters. The van der Waals surface area contributed by atoms with Crippen LogP contribution in [0.15, 0.2) is 30.3 Å². The van der Waals surface area contributed by atoms with Crippen LogP contribution in [-0.2, 0) is 13.0 Å². The molecular weight excluding hydrogens is 228 g/mol. The lowest BCUT2D eigenvalue weighted by molar-refractivity contribution is 0.0689. The van der Waals surface area contributed by atoms with E-state index in [0.717, 1.165) is 12.1 Å². The fourth-order valence-corrected chi connectivity index (χ4v) is 1.83. The summed E-state index contributed by atoms with van der Waals surface area (Å²) in [5.41, 5.74) is 3.45. The van der Waals surface area contributed by atoms with E-state index in [0.29, 0.717) is 6.54 Å². The Hall–Kier alpha value is -2.10. The van der Waals surface area contributed by atoms with E-state index in [2.05, 4.69) is 36.3 Å². The Balaban J connectivity index is 2.06. The Morgan fingerprint density at radius 1 is 1.28 bits per heavy atom. The van der Waals surface area contributed by atoms with Crippen molar-refractivity contribution >= 4 is 5.97 Å². The lowest BCUT2D eigenvalue weighted by Crippen LogP contribution is -2.06. The van der Waals surface area contributed by atoms with Crippen LogP contribution in [0.3, 0.4) is 0 Å². The van der Waals surface area contributed by atoms with Crippen LogP contribution < -0.4 is 0 Å². The molecule has 2 aromatic rings. The second-order valence-corrected chi connectivity index (χ2v) is 4.43. The largest absolute Gasteiger partial charge is 0.476 e. The number of rotatable bonds is 4. The number of aromatic carboxylic acids is 1. The summed E-state index contributed by atoms with van der Waals surface area (Å²) >= 11 is 0. The van der Waals surface area contributed by atoms with Crippen LogP contribution in [0, 0.1) is 13.8 Å². The number of nitrogens with zero attached hydrogens (tertiary/aromatic N) is 2. The van der Waals surface area contributed by atoms with Crippen molar-refractivity contribution in [1.29, 1.82) is 0 Å². The van der Waals surface area contributed by atoms with Crippen molar-refractivity contribution in [2.24, 2.45) is 0 Å². The highest BCUT2D eigenvalue weighted by Crippen LogP contribution is 2.08. The molecule has 1 aromatic heterocycles. The summed E-state index contributed by atoms with van der Waals surface area (Å²) in [5, 5.41) is 12.9. The van der Waals surface area contributed by atoms with Crippen LogP contribution >= 0.6 is 0 Å². The minimum Gasteiger partial charge on any atom is -0.476 e. The third kappa shape index (κ3) is 2.77. The maximum atomic E-state index is 10.8. The monoisotopic (exact) mass is 244 g/mol. The summed E-state index contributed by atoms with van der Waals surface area (Å²) in [7, 11) is 0. The highest BCUT2D eigenvalue weighted by atomic mass is 16.4. The van der Waals surface area contributed by atoms with E-state index >= 15 is 0 Å². The van der Waals surface area contributed by atoms with Gasteiger partial charge in [0, 0.05) is 12.2 Å². The first-order chi connectivity index (χ1) is 8.56. The zero-order valence-electron chi connectivity index (χ0n) is 10.6. The third-order valence-electron chi connectivity index (χ3n) is 2.93. The van der Waals surface area contributed by atoms with Gasteiger partial charge in [0.2, 0.25) is 0 Å². The maximum Gasteiger partial charge on any atom is 0.356 e. The number of aryl methyl sites for hydroxylation is 4. The van der Waals surface area contributed by atoms with Crippen molar-refractivity contribution in [3.05, 3.63) is 52.8 Å². The molecule has 0 radical (unpaired) electrons. The molecule has 0 bridgehead atoms. The van der Waals surface area contributed by atoms with Gasteiger partial charge in [-0.05, 0) is 31.9 Å². The first-order valence-electron chi connectivity index (χ1n) is 5.89. The number of carboxylic acids is 1. The van der Waals surface area contributed by atoms with Gasteiger partial charge in [-0.2, -0.15) is 5.10 Å². The molecule has 0 aliphatic rings. The summed E-state index contributed by atoms with van der Waals surface area (Å²) in [6.07, 6.45) is 0.849. The molecule has 2 rings (SSSR count). The van der Waals surface area contributed by atoms with E-state index in [9.17, 15) is 4.79 Å². The van der Waals surface area contributed by atoms with Crippen molar-refractivity contribution in [2.45, 2.75) is 26.8 Å². The highest BCUT2D eigenvalue weighted by molar-refractivity contribution is 5.85. The predicted molar refractivity (Wildman–Crippen MR) is 68.8 cm³/mol. The van der Waals surface area contributed by atoms with Crippen LogP contribution in [0.5, 0.6) is 0 Å².